The molecule has 2 N–H and O–H groups in total. The zero-order chi connectivity index (χ0) is 26.1. The third-order valence-electron chi connectivity index (χ3n) is 4.57. The van der Waals surface area contributed by atoms with Crippen LogP contribution in [0.2, 0.25) is 0 Å². The Balaban J connectivity index is 0.000000371. The van der Waals surface area contributed by atoms with Gasteiger partial charge in [0.05, 0.1) is 13.2 Å². The molecule has 9 nitrogen and oxygen atoms in total. The molecule has 2 amide bonds. The lowest BCUT2D eigenvalue weighted by molar-refractivity contribution is -0.117. The van der Waals surface area contributed by atoms with Crippen LogP contribution in [0.4, 0.5) is 10.3 Å². The molecule has 0 radical (unpaired) electrons. The van der Waals surface area contributed by atoms with Crippen LogP contribution in [0.3, 0.4) is 0 Å². The van der Waals surface area contributed by atoms with Crippen molar-refractivity contribution in [1.29, 1.82) is 0 Å². The van der Waals surface area contributed by atoms with E-state index >= 15 is 0 Å². The van der Waals surface area contributed by atoms with E-state index in [9.17, 15) is 9.59 Å². The van der Waals surface area contributed by atoms with Crippen molar-refractivity contribution >= 4 is 44.8 Å². The quantitative estimate of drug-likeness (QED) is 0.208. The molecule has 4 rings (SSSR count). The number of carbonyl (C=O) groups excluding carboxylic acids is 2. The van der Waals surface area contributed by atoms with Gasteiger partial charge in [0, 0.05) is 27.3 Å². The Bertz CT molecular complexity index is 1200. The zero-order valence-corrected chi connectivity index (χ0v) is 22.1. The third-order valence-corrected chi connectivity index (χ3v) is 6.01. The standard InChI is InChI=1S/C13H15N3O2S.C13H14N2O2S.2H2/c1-10-15-16-13(19-10)14-12(17)8-5-9-18-11-6-3-2-4-7-11;16-12(15-13-14-8-10-18-13)7-4-9-17-11-5-2-1-3-6-11;;/h2-4,6-7H,5,8-9H2,1H3,(H,14,16,17);1-3,5-6,8,10H,4,7,9H2,(H,14,15,16);2*1H. The van der Waals surface area contributed by atoms with E-state index in [0.717, 1.165) is 16.5 Å². The summed E-state index contributed by atoms with van der Waals surface area (Å²) >= 11 is 2.78. The number of amides is 2. The van der Waals surface area contributed by atoms with Crippen LogP contribution in [0.1, 0.15) is 33.5 Å². The highest BCUT2D eigenvalue weighted by Gasteiger charge is 2.06. The van der Waals surface area contributed by atoms with Crippen molar-refractivity contribution in [3.63, 3.8) is 0 Å². The van der Waals surface area contributed by atoms with Crippen LogP contribution in [-0.4, -0.2) is 40.2 Å². The van der Waals surface area contributed by atoms with Gasteiger partial charge >= 0.3 is 0 Å². The smallest absolute Gasteiger partial charge is 0.226 e. The predicted octanol–water partition coefficient (Wildman–Crippen LogP) is 6.08. The van der Waals surface area contributed by atoms with Gasteiger partial charge in [0.25, 0.3) is 0 Å². The van der Waals surface area contributed by atoms with Gasteiger partial charge in [-0.25, -0.2) is 4.98 Å². The maximum Gasteiger partial charge on any atom is 0.226 e. The van der Waals surface area contributed by atoms with Crippen molar-refractivity contribution in [2.24, 2.45) is 0 Å². The summed E-state index contributed by atoms with van der Waals surface area (Å²) in [5.74, 6) is 1.56. The van der Waals surface area contributed by atoms with E-state index in [1.807, 2.05) is 73.0 Å². The molecule has 198 valence electrons. The fourth-order valence-electron chi connectivity index (χ4n) is 2.87. The van der Waals surface area contributed by atoms with Gasteiger partial charge in [-0.3, -0.25) is 9.59 Å². The molecule has 0 aliphatic carbocycles. The summed E-state index contributed by atoms with van der Waals surface area (Å²) in [5.41, 5.74) is 0. The van der Waals surface area contributed by atoms with E-state index in [4.69, 9.17) is 9.47 Å². The molecular weight excluding hydrogens is 510 g/mol. The van der Waals surface area contributed by atoms with Crippen molar-refractivity contribution in [1.82, 2.24) is 15.2 Å². The van der Waals surface area contributed by atoms with Crippen molar-refractivity contribution in [3.8, 4) is 11.5 Å². The summed E-state index contributed by atoms with van der Waals surface area (Å²) in [7, 11) is 0. The van der Waals surface area contributed by atoms with Crippen LogP contribution >= 0.6 is 22.7 Å². The Morgan fingerprint density at radius 3 is 1.81 bits per heavy atom. The lowest BCUT2D eigenvalue weighted by Crippen LogP contribution is -2.12. The number of para-hydroxylation sites is 2. The second-order valence-corrected chi connectivity index (χ2v) is 9.67. The van der Waals surface area contributed by atoms with Crippen LogP contribution in [0, 0.1) is 6.92 Å². The monoisotopic (exact) mass is 543 g/mol. The number of aromatic nitrogens is 3. The number of benzene rings is 2. The van der Waals surface area contributed by atoms with E-state index < -0.39 is 0 Å². The topological polar surface area (TPSA) is 115 Å². The number of carbonyl (C=O) groups is 2. The molecule has 0 saturated carbocycles. The number of hydrogen-bond acceptors (Lipinski definition) is 9. The minimum atomic E-state index is -0.0622. The molecule has 2 heterocycles. The fraction of sp³-hybridized carbons (Fsp3) is 0.269. The number of anilines is 2. The van der Waals surface area contributed by atoms with Crippen LogP contribution in [-0.2, 0) is 9.59 Å². The number of hydrogen-bond donors (Lipinski definition) is 2. The van der Waals surface area contributed by atoms with Gasteiger partial charge in [0.2, 0.25) is 16.9 Å². The Morgan fingerprint density at radius 1 is 0.811 bits per heavy atom. The van der Waals surface area contributed by atoms with E-state index in [1.54, 1.807) is 6.20 Å². The number of ether oxygens (including phenoxy) is 2. The lowest BCUT2D eigenvalue weighted by atomic mass is 10.3. The van der Waals surface area contributed by atoms with Gasteiger partial charge in [0.1, 0.15) is 16.5 Å². The maximum atomic E-state index is 11.6. The molecule has 0 aliphatic heterocycles. The highest BCUT2D eigenvalue weighted by atomic mass is 32.1. The van der Waals surface area contributed by atoms with Crippen LogP contribution in [0.5, 0.6) is 11.5 Å². The Kier molecular flexibility index (Phi) is 12.0. The number of nitrogens with zero attached hydrogens (tertiary/aromatic N) is 3. The first-order chi connectivity index (χ1) is 18.1. The average Bonchev–Trinajstić information content (AvgIpc) is 3.57. The Morgan fingerprint density at radius 2 is 1.35 bits per heavy atom. The molecule has 0 bridgehead atoms. The third kappa shape index (κ3) is 11.6. The highest BCUT2D eigenvalue weighted by Crippen LogP contribution is 2.15. The van der Waals surface area contributed by atoms with Gasteiger partial charge in [-0.1, -0.05) is 47.7 Å². The van der Waals surface area contributed by atoms with Crippen molar-refractivity contribution in [2.75, 3.05) is 23.8 Å². The molecule has 11 heteroatoms. The number of rotatable bonds is 12. The van der Waals surface area contributed by atoms with Gasteiger partial charge in [-0.05, 0) is 44.0 Å². The largest absolute Gasteiger partial charge is 0.494 e. The molecular formula is C26H33N5O4S2. The number of thiazole rings is 1. The van der Waals surface area contributed by atoms with Crippen LogP contribution in [0.25, 0.3) is 0 Å². The highest BCUT2D eigenvalue weighted by molar-refractivity contribution is 7.15. The summed E-state index contributed by atoms with van der Waals surface area (Å²) in [6.45, 7) is 2.91. The first kappa shape index (κ1) is 27.8. The van der Waals surface area contributed by atoms with Gasteiger partial charge in [-0.2, -0.15) is 0 Å². The van der Waals surface area contributed by atoms with Crippen LogP contribution < -0.4 is 20.1 Å². The summed E-state index contributed by atoms with van der Waals surface area (Å²) in [5, 5.41) is 17.0. The SMILES string of the molecule is Cc1nnc(NC(=O)CCCOc2ccccc2)s1.O=C(CCCOc1ccccc1)Nc1nccs1.[HH].[HH]. The molecule has 0 saturated heterocycles. The first-order valence-electron chi connectivity index (χ1n) is 11.7. The Hall–Kier alpha value is -3.83. The molecule has 0 spiro atoms. The number of nitrogens with one attached hydrogen (secondary N) is 2. The average molecular weight is 544 g/mol. The fourth-order valence-corrected chi connectivity index (χ4v) is 4.03. The summed E-state index contributed by atoms with van der Waals surface area (Å²) in [6, 6.07) is 19.1. The van der Waals surface area contributed by atoms with E-state index in [-0.39, 0.29) is 14.7 Å². The van der Waals surface area contributed by atoms with Crippen molar-refractivity contribution < 1.29 is 21.9 Å². The van der Waals surface area contributed by atoms with E-state index in [2.05, 4.69) is 25.8 Å². The van der Waals surface area contributed by atoms with Crippen molar-refractivity contribution in [3.05, 3.63) is 77.2 Å². The molecule has 2 aromatic heterocycles. The normalized spacial score (nSPS) is 10.1. The van der Waals surface area contributed by atoms with Gasteiger partial charge in [-0.15, -0.1) is 21.5 Å². The van der Waals surface area contributed by atoms with E-state index in [1.165, 1.54) is 22.7 Å². The minimum Gasteiger partial charge on any atom is -0.494 e. The van der Waals surface area contributed by atoms with Crippen LogP contribution in [0.15, 0.2) is 72.2 Å². The summed E-state index contributed by atoms with van der Waals surface area (Å²) in [4.78, 5) is 27.1. The molecule has 0 fully saturated rings. The summed E-state index contributed by atoms with van der Waals surface area (Å²) < 4.78 is 11.0. The minimum absolute atomic E-state index is 0. The maximum absolute atomic E-state index is 11.6. The van der Waals surface area contributed by atoms with Gasteiger partial charge < -0.3 is 20.1 Å². The Labute approximate surface area is 226 Å². The van der Waals surface area contributed by atoms with Gasteiger partial charge in [0.15, 0.2) is 5.13 Å². The second-order valence-electron chi connectivity index (χ2n) is 7.59. The first-order valence-corrected chi connectivity index (χ1v) is 13.4. The van der Waals surface area contributed by atoms with Crippen molar-refractivity contribution in [2.45, 2.75) is 32.6 Å². The molecule has 0 aliphatic rings. The molecule has 37 heavy (non-hydrogen) atoms. The summed E-state index contributed by atoms with van der Waals surface area (Å²) in [6.07, 6.45) is 3.86. The molecule has 2 aromatic carbocycles. The lowest BCUT2D eigenvalue weighted by Gasteiger charge is -2.05. The second kappa shape index (κ2) is 16.0. The zero-order valence-electron chi connectivity index (χ0n) is 20.5. The molecule has 0 unspecified atom stereocenters. The number of aryl methyl sites for hydroxylation is 1. The van der Waals surface area contributed by atoms with E-state index in [0.29, 0.717) is 49.2 Å². The molecule has 0 atom stereocenters. The molecule has 4 aromatic rings. The predicted molar refractivity (Wildman–Crippen MR) is 151 cm³/mol.